The summed E-state index contributed by atoms with van der Waals surface area (Å²) in [7, 11) is 2.06. The van der Waals surface area contributed by atoms with Crippen LogP contribution in [0.15, 0.2) is 52.9 Å². The van der Waals surface area contributed by atoms with Crippen molar-refractivity contribution in [3.63, 3.8) is 0 Å². The van der Waals surface area contributed by atoms with Crippen LogP contribution in [0.5, 0.6) is 0 Å². The fourth-order valence-corrected chi connectivity index (χ4v) is 3.40. The van der Waals surface area contributed by atoms with Crippen LogP contribution in [-0.4, -0.2) is 8.76 Å². The molecule has 3 aromatic rings. The standard InChI is InChI=1S/C13H9ClO3S/c14-18(15,16)13-9-5-1-3-7-11(9)17-12-8-4-2-6-10(12)13/h1-8H,(H,15,16). The van der Waals surface area contributed by atoms with Crippen LogP contribution in [0, 0.1) is 4.51 Å². The van der Waals surface area contributed by atoms with Gasteiger partial charge >= 0.3 is 0 Å². The SMILES string of the molecule is O=S(O)(Cl)=c1c2ccccc2oc2ccccc12. The lowest BCUT2D eigenvalue weighted by Gasteiger charge is -2.04. The van der Waals surface area contributed by atoms with Gasteiger partial charge in [-0.25, -0.2) is 4.21 Å². The van der Waals surface area contributed by atoms with E-state index in [4.69, 9.17) is 15.1 Å². The first-order chi connectivity index (χ1) is 8.57. The Morgan fingerprint density at radius 3 is 1.83 bits per heavy atom. The van der Waals surface area contributed by atoms with Gasteiger partial charge in [-0.2, -0.15) is 0 Å². The van der Waals surface area contributed by atoms with E-state index in [0.717, 1.165) is 0 Å². The fourth-order valence-electron chi connectivity index (χ4n) is 2.02. The zero-order valence-electron chi connectivity index (χ0n) is 9.17. The largest absolute Gasteiger partial charge is 0.456 e. The summed E-state index contributed by atoms with van der Waals surface area (Å²) in [6.07, 6.45) is 0. The quantitative estimate of drug-likeness (QED) is 0.384. The van der Waals surface area contributed by atoms with Gasteiger partial charge in [-0.1, -0.05) is 24.3 Å². The van der Waals surface area contributed by atoms with E-state index in [9.17, 15) is 8.76 Å². The van der Waals surface area contributed by atoms with Gasteiger partial charge in [0.05, 0.1) is 4.51 Å². The second-order valence-corrected chi connectivity index (χ2v) is 6.46. The second-order valence-electron chi connectivity index (χ2n) is 3.88. The fraction of sp³-hybridized carbons (Fsp3) is 0. The molecule has 5 heteroatoms. The van der Waals surface area contributed by atoms with Gasteiger partial charge in [0.15, 0.2) is 9.02 Å². The molecule has 0 saturated carbocycles. The number of halogens is 1. The number of benzene rings is 2. The van der Waals surface area contributed by atoms with Crippen molar-refractivity contribution < 1.29 is 13.2 Å². The van der Waals surface area contributed by atoms with Crippen LogP contribution in [-0.2, 0) is 9.02 Å². The Labute approximate surface area is 108 Å². The van der Waals surface area contributed by atoms with Gasteiger partial charge in [-0.3, -0.25) is 0 Å². The minimum Gasteiger partial charge on any atom is -0.456 e. The minimum atomic E-state index is -3.59. The molecule has 92 valence electrons. The summed E-state index contributed by atoms with van der Waals surface area (Å²) in [5.41, 5.74) is 1.07. The predicted octanol–water partition coefficient (Wildman–Crippen LogP) is 4.03. The molecule has 0 aliphatic rings. The molecule has 18 heavy (non-hydrogen) atoms. The molecule has 1 aromatic heterocycles. The Hall–Kier alpha value is -1.49. The Morgan fingerprint density at radius 1 is 0.944 bits per heavy atom. The molecule has 1 unspecified atom stereocenters. The van der Waals surface area contributed by atoms with Crippen molar-refractivity contribution >= 4 is 41.6 Å². The average Bonchev–Trinajstić information content (AvgIpc) is 2.34. The highest BCUT2D eigenvalue weighted by Crippen LogP contribution is 2.26. The van der Waals surface area contributed by atoms with Crippen molar-refractivity contribution in [2.24, 2.45) is 0 Å². The molecule has 3 nitrogen and oxygen atoms in total. The first-order valence-corrected chi connectivity index (χ1v) is 7.61. The van der Waals surface area contributed by atoms with E-state index in [2.05, 4.69) is 0 Å². The number of hydrogen-bond donors (Lipinski definition) is 1. The van der Waals surface area contributed by atoms with E-state index >= 15 is 0 Å². The molecular weight excluding hydrogens is 272 g/mol. The van der Waals surface area contributed by atoms with Crippen LogP contribution in [0.3, 0.4) is 0 Å². The van der Waals surface area contributed by atoms with E-state index in [1.807, 2.05) is 0 Å². The Balaban J connectivity index is 2.84. The van der Waals surface area contributed by atoms with Crippen molar-refractivity contribution in [3.8, 4) is 0 Å². The summed E-state index contributed by atoms with van der Waals surface area (Å²) in [6.45, 7) is 0. The summed E-state index contributed by atoms with van der Waals surface area (Å²) in [4.78, 5) is 0. The third kappa shape index (κ3) is 1.79. The van der Waals surface area contributed by atoms with Gasteiger partial charge in [0, 0.05) is 21.5 Å². The maximum Gasteiger partial charge on any atom is 0.175 e. The smallest absolute Gasteiger partial charge is 0.175 e. The Morgan fingerprint density at radius 2 is 1.39 bits per heavy atom. The molecule has 0 radical (unpaired) electrons. The lowest BCUT2D eigenvalue weighted by atomic mass is 10.1. The maximum atomic E-state index is 11.9. The molecule has 0 spiro atoms. The lowest BCUT2D eigenvalue weighted by Crippen LogP contribution is -1.91. The molecule has 0 fully saturated rings. The first-order valence-electron chi connectivity index (χ1n) is 5.27. The van der Waals surface area contributed by atoms with Gasteiger partial charge in [-0.05, 0) is 24.3 Å². The zero-order chi connectivity index (χ0) is 12.8. The van der Waals surface area contributed by atoms with Crippen molar-refractivity contribution in [1.82, 2.24) is 0 Å². The number of hydrogen-bond acceptors (Lipinski definition) is 2. The van der Waals surface area contributed by atoms with Crippen molar-refractivity contribution in [2.75, 3.05) is 0 Å². The second kappa shape index (κ2) is 4.02. The molecule has 2 aromatic carbocycles. The molecule has 0 aliphatic heterocycles. The molecule has 3 rings (SSSR count). The molecule has 0 amide bonds. The Bertz CT molecular complexity index is 840. The lowest BCUT2D eigenvalue weighted by molar-refractivity contribution is 0.572. The summed E-state index contributed by atoms with van der Waals surface area (Å²) in [5.74, 6) is 0. The predicted molar refractivity (Wildman–Crippen MR) is 73.6 cm³/mol. The summed E-state index contributed by atoms with van der Waals surface area (Å²) in [6, 6.07) is 14.1. The summed E-state index contributed by atoms with van der Waals surface area (Å²) in [5, 5.41) is 1.11. The summed E-state index contributed by atoms with van der Waals surface area (Å²) >= 11 is 0. The van der Waals surface area contributed by atoms with Crippen LogP contribution >= 0.6 is 10.7 Å². The number of fused-ring (bicyclic) bond motifs is 2. The van der Waals surface area contributed by atoms with Crippen LogP contribution in [0.25, 0.3) is 21.9 Å². The topological polar surface area (TPSA) is 50.4 Å². The van der Waals surface area contributed by atoms with Crippen LogP contribution in [0.1, 0.15) is 0 Å². The van der Waals surface area contributed by atoms with E-state index in [-0.39, 0.29) is 4.51 Å². The third-order valence-electron chi connectivity index (χ3n) is 2.74. The third-order valence-corrected chi connectivity index (χ3v) is 4.14. The molecule has 0 bridgehead atoms. The zero-order valence-corrected chi connectivity index (χ0v) is 10.7. The van der Waals surface area contributed by atoms with Crippen molar-refractivity contribution in [1.29, 1.82) is 0 Å². The van der Waals surface area contributed by atoms with Crippen molar-refractivity contribution in [2.45, 2.75) is 0 Å². The molecule has 1 N–H and O–H groups in total. The molecule has 0 saturated heterocycles. The van der Waals surface area contributed by atoms with E-state index in [1.54, 1.807) is 48.5 Å². The maximum absolute atomic E-state index is 11.9. The molecule has 1 heterocycles. The normalized spacial score (nSPS) is 14.8. The van der Waals surface area contributed by atoms with Crippen LogP contribution in [0.2, 0.25) is 0 Å². The van der Waals surface area contributed by atoms with Gasteiger partial charge < -0.3 is 8.97 Å². The van der Waals surface area contributed by atoms with Gasteiger partial charge in [0.25, 0.3) is 0 Å². The van der Waals surface area contributed by atoms with Gasteiger partial charge in [-0.15, -0.1) is 0 Å². The van der Waals surface area contributed by atoms with E-state index in [0.29, 0.717) is 21.9 Å². The summed E-state index contributed by atoms with van der Waals surface area (Å²) < 4.78 is 27.5. The molecule has 0 aliphatic carbocycles. The molecule has 1 atom stereocenters. The van der Waals surface area contributed by atoms with E-state index < -0.39 is 9.02 Å². The highest BCUT2D eigenvalue weighted by atomic mass is 35.7. The highest BCUT2D eigenvalue weighted by molar-refractivity contribution is 8.12. The van der Waals surface area contributed by atoms with Gasteiger partial charge in [0.1, 0.15) is 11.2 Å². The number of rotatable bonds is 0. The average molecular weight is 281 g/mol. The molecular formula is C13H9ClO3S. The Kier molecular flexibility index (Phi) is 2.59. The minimum absolute atomic E-state index is 0.210. The van der Waals surface area contributed by atoms with E-state index in [1.165, 1.54) is 0 Å². The monoisotopic (exact) mass is 280 g/mol. The van der Waals surface area contributed by atoms with Gasteiger partial charge in [0.2, 0.25) is 0 Å². The first kappa shape index (κ1) is 11.6. The highest BCUT2D eigenvalue weighted by Gasteiger charge is 2.10. The van der Waals surface area contributed by atoms with Crippen LogP contribution in [0.4, 0.5) is 0 Å². The van der Waals surface area contributed by atoms with Crippen LogP contribution < -0.4 is 0 Å². The van der Waals surface area contributed by atoms with Crippen molar-refractivity contribution in [3.05, 3.63) is 53.0 Å². The number of para-hydroxylation sites is 2.